The molecule has 0 bridgehead atoms. The van der Waals surface area contributed by atoms with Crippen LogP contribution in [-0.4, -0.2) is 54.0 Å². The molecule has 0 saturated carbocycles. The summed E-state index contributed by atoms with van der Waals surface area (Å²) in [5, 5.41) is 8.21. The van der Waals surface area contributed by atoms with Gasteiger partial charge >= 0.3 is 0 Å². The molecular weight excluding hydrogens is 503 g/mol. The molecule has 2 N–H and O–H groups in total. The number of rotatable bonds is 5. The fourth-order valence-corrected chi connectivity index (χ4v) is 5.21. The molecule has 5 heterocycles. The number of aromatic nitrogens is 6. The summed E-state index contributed by atoms with van der Waals surface area (Å²) in [5.41, 5.74) is 6.78. The van der Waals surface area contributed by atoms with Gasteiger partial charge in [-0.25, -0.2) is 23.1 Å². The Labute approximate surface area is 220 Å². The van der Waals surface area contributed by atoms with Crippen LogP contribution in [0, 0.1) is 5.82 Å². The number of benzene rings is 2. The molecule has 7 nitrogen and oxygen atoms in total. The van der Waals surface area contributed by atoms with Gasteiger partial charge < -0.3 is 4.98 Å². The Morgan fingerprint density at radius 3 is 2.67 bits per heavy atom. The molecule has 6 aromatic rings. The average molecular weight is 526 g/mol. The zero-order valence-electron chi connectivity index (χ0n) is 20.6. The van der Waals surface area contributed by atoms with Gasteiger partial charge in [-0.2, -0.15) is 5.10 Å². The number of imidazole rings is 1. The Morgan fingerprint density at radius 2 is 1.82 bits per heavy atom. The molecule has 0 unspecified atom stereocenters. The first-order chi connectivity index (χ1) is 18.9. The first-order valence-electron chi connectivity index (χ1n) is 12.6. The van der Waals surface area contributed by atoms with Gasteiger partial charge in [0.05, 0.1) is 23.0 Å². The zero-order chi connectivity index (χ0) is 26.6. The number of likely N-dealkylation sites (tertiary alicyclic amines) is 1. The third kappa shape index (κ3) is 4.42. The van der Waals surface area contributed by atoms with Crippen LogP contribution in [0.25, 0.3) is 55.8 Å². The fraction of sp³-hybridized carbons (Fsp3) is 0.172. The van der Waals surface area contributed by atoms with Crippen LogP contribution in [0.1, 0.15) is 12.0 Å². The lowest BCUT2D eigenvalue weighted by Crippen LogP contribution is -2.24. The molecule has 1 aliphatic heterocycles. The van der Waals surface area contributed by atoms with Gasteiger partial charge in [0.25, 0.3) is 5.92 Å². The third-order valence-corrected chi connectivity index (χ3v) is 7.07. The highest BCUT2D eigenvalue weighted by molar-refractivity contribution is 5.97. The van der Waals surface area contributed by atoms with Crippen LogP contribution in [0.4, 0.5) is 13.2 Å². The summed E-state index contributed by atoms with van der Waals surface area (Å²) in [7, 11) is 0. The molecule has 7 rings (SSSR count). The normalized spacial score (nSPS) is 15.5. The highest BCUT2D eigenvalue weighted by Gasteiger charge is 2.37. The molecule has 1 fully saturated rings. The minimum atomic E-state index is -2.63. The van der Waals surface area contributed by atoms with Crippen molar-refractivity contribution in [1.29, 1.82) is 0 Å². The lowest BCUT2D eigenvalue weighted by atomic mass is 10.0. The third-order valence-electron chi connectivity index (χ3n) is 7.07. The number of aromatic amines is 2. The van der Waals surface area contributed by atoms with E-state index in [1.165, 1.54) is 12.1 Å². The molecule has 0 spiro atoms. The van der Waals surface area contributed by atoms with E-state index in [0.29, 0.717) is 35.8 Å². The average Bonchev–Trinajstić information content (AvgIpc) is 3.64. The molecule has 1 saturated heterocycles. The zero-order valence-corrected chi connectivity index (χ0v) is 20.6. The Bertz CT molecular complexity index is 1840. The molecule has 194 valence electrons. The Kier molecular flexibility index (Phi) is 5.44. The van der Waals surface area contributed by atoms with Gasteiger partial charge in [0.15, 0.2) is 11.5 Å². The van der Waals surface area contributed by atoms with Gasteiger partial charge in [0, 0.05) is 54.8 Å². The molecule has 0 radical (unpaired) electrons. The van der Waals surface area contributed by atoms with Crippen LogP contribution in [0.3, 0.4) is 0 Å². The number of hydrogen-bond acceptors (Lipinski definition) is 5. The number of H-pyrrole nitrogens is 2. The Morgan fingerprint density at radius 1 is 0.949 bits per heavy atom. The van der Waals surface area contributed by atoms with E-state index < -0.39 is 5.92 Å². The maximum Gasteiger partial charge on any atom is 0.261 e. The van der Waals surface area contributed by atoms with Crippen LogP contribution >= 0.6 is 0 Å². The van der Waals surface area contributed by atoms with Crippen LogP contribution in [-0.2, 0) is 6.54 Å². The van der Waals surface area contributed by atoms with Crippen LogP contribution in [0.5, 0.6) is 0 Å². The van der Waals surface area contributed by atoms with Crippen molar-refractivity contribution in [2.75, 3.05) is 13.1 Å². The summed E-state index contributed by atoms with van der Waals surface area (Å²) >= 11 is 0. The maximum atomic E-state index is 13.9. The van der Waals surface area contributed by atoms with Crippen molar-refractivity contribution in [3.63, 3.8) is 0 Å². The smallest absolute Gasteiger partial charge is 0.261 e. The van der Waals surface area contributed by atoms with E-state index >= 15 is 0 Å². The van der Waals surface area contributed by atoms with Gasteiger partial charge in [-0.1, -0.05) is 24.3 Å². The fourth-order valence-electron chi connectivity index (χ4n) is 5.21. The predicted molar refractivity (Wildman–Crippen MR) is 142 cm³/mol. The topological polar surface area (TPSA) is 86.4 Å². The van der Waals surface area contributed by atoms with Crippen molar-refractivity contribution in [3.8, 4) is 33.8 Å². The van der Waals surface area contributed by atoms with Crippen LogP contribution in [0.15, 0.2) is 73.2 Å². The van der Waals surface area contributed by atoms with Crippen molar-refractivity contribution in [2.45, 2.75) is 18.9 Å². The summed E-state index contributed by atoms with van der Waals surface area (Å²) in [6.45, 7) is 0.540. The van der Waals surface area contributed by atoms with Gasteiger partial charge in [0.1, 0.15) is 11.5 Å². The van der Waals surface area contributed by atoms with E-state index in [0.717, 1.165) is 38.7 Å². The number of nitrogens with one attached hydrogen (secondary N) is 2. The standard InChI is InChI=1S/C29H22F3N7/c30-21-4-1-3-18(10-21)22-5-2-6-24-25(22)36-28(35-24)26-23-11-20(14-34-27(23)38-37-26)19-9-17(12-33-13-19)15-39-8-7-29(31,32)16-39/h1-6,9-14H,7-8,15-16H2,(H,35,36)(H,34,37,38). The van der Waals surface area contributed by atoms with Gasteiger partial charge in [-0.05, 0) is 41.5 Å². The summed E-state index contributed by atoms with van der Waals surface area (Å²) < 4.78 is 41.2. The van der Waals surface area contributed by atoms with Gasteiger partial charge in [0.2, 0.25) is 0 Å². The van der Waals surface area contributed by atoms with Crippen LogP contribution in [0.2, 0.25) is 0 Å². The van der Waals surface area contributed by atoms with E-state index in [1.807, 2.05) is 36.4 Å². The number of alkyl halides is 2. The number of fused-ring (bicyclic) bond motifs is 2. The molecule has 1 aliphatic rings. The Balaban J connectivity index is 1.25. The minimum absolute atomic E-state index is 0.116. The quantitative estimate of drug-likeness (QED) is 0.280. The SMILES string of the molecule is Fc1cccc(-c2cccc3[nH]c(-c4n[nH]c5ncc(-c6cncc(CN7CCC(F)(F)C7)c6)cc45)nc23)c1. The summed E-state index contributed by atoms with van der Waals surface area (Å²) in [6.07, 6.45) is 5.06. The van der Waals surface area contributed by atoms with E-state index in [9.17, 15) is 13.2 Å². The minimum Gasteiger partial charge on any atom is -0.337 e. The van der Waals surface area contributed by atoms with E-state index in [4.69, 9.17) is 4.98 Å². The molecule has 4 aromatic heterocycles. The molecule has 0 amide bonds. The number of halogens is 3. The van der Waals surface area contributed by atoms with E-state index in [2.05, 4.69) is 25.1 Å². The first kappa shape index (κ1) is 23.5. The second-order valence-corrected chi connectivity index (χ2v) is 9.89. The number of pyridine rings is 2. The number of para-hydroxylation sites is 1. The number of nitrogens with zero attached hydrogens (tertiary/aromatic N) is 5. The summed E-state index contributed by atoms with van der Waals surface area (Å²) in [4.78, 5) is 18.8. The number of hydrogen-bond donors (Lipinski definition) is 2. The van der Waals surface area contributed by atoms with Crippen molar-refractivity contribution in [3.05, 3.63) is 84.6 Å². The van der Waals surface area contributed by atoms with Crippen LogP contribution < -0.4 is 0 Å². The highest BCUT2D eigenvalue weighted by atomic mass is 19.3. The van der Waals surface area contributed by atoms with Crippen molar-refractivity contribution >= 4 is 22.1 Å². The lowest BCUT2D eigenvalue weighted by molar-refractivity contribution is 0.0115. The maximum absolute atomic E-state index is 13.9. The predicted octanol–water partition coefficient (Wildman–Crippen LogP) is 6.21. The molecule has 10 heteroatoms. The second-order valence-electron chi connectivity index (χ2n) is 9.89. The molecule has 0 atom stereocenters. The van der Waals surface area contributed by atoms with E-state index in [1.54, 1.807) is 29.6 Å². The summed E-state index contributed by atoms with van der Waals surface area (Å²) in [6, 6.07) is 16.1. The molecule has 0 aliphatic carbocycles. The molecule has 2 aromatic carbocycles. The second kappa shape index (κ2) is 9.02. The van der Waals surface area contributed by atoms with Gasteiger partial charge in [-0.15, -0.1) is 0 Å². The monoisotopic (exact) mass is 525 g/mol. The van der Waals surface area contributed by atoms with Crippen molar-refractivity contribution < 1.29 is 13.2 Å². The van der Waals surface area contributed by atoms with E-state index in [-0.39, 0.29) is 18.8 Å². The first-order valence-corrected chi connectivity index (χ1v) is 12.6. The van der Waals surface area contributed by atoms with Crippen molar-refractivity contribution in [2.24, 2.45) is 0 Å². The largest absolute Gasteiger partial charge is 0.337 e. The summed E-state index contributed by atoms with van der Waals surface area (Å²) in [5.74, 6) is -2.39. The van der Waals surface area contributed by atoms with Crippen molar-refractivity contribution in [1.82, 2.24) is 35.0 Å². The lowest BCUT2D eigenvalue weighted by Gasteiger charge is -2.15. The Hall–Kier alpha value is -4.57. The molecular formula is C29H22F3N7. The van der Waals surface area contributed by atoms with Gasteiger partial charge in [-0.3, -0.25) is 15.0 Å². The highest BCUT2D eigenvalue weighted by Crippen LogP contribution is 2.33. The molecule has 39 heavy (non-hydrogen) atoms.